The number of rotatable bonds is 3. The fraction of sp³-hybridized carbons (Fsp3) is 0.400. The fourth-order valence-corrected chi connectivity index (χ4v) is 1.22. The summed E-state index contributed by atoms with van der Waals surface area (Å²) in [6, 6.07) is 4.71. The van der Waals surface area contributed by atoms with Crippen LogP contribution in [0.1, 0.15) is 17.4 Å². The van der Waals surface area contributed by atoms with Crippen LogP contribution >= 0.6 is 0 Å². The van der Waals surface area contributed by atoms with E-state index in [-0.39, 0.29) is 0 Å². The topological polar surface area (TPSA) is 86.4 Å². The second kappa shape index (κ2) is 4.73. The smallest absolute Gasteiger partial charge is 0.213 e. The Morgan fingerprint density at radius 2 is 2.13 bits per heavy atom. The third kappa shape index (κ3) is 2.43. The molecular formula is C10H12N2O3. The molecule has 2 unspecified atom stereocenters. The number of aryl methyl sites for hydroxylation is 1. The highest BCUT2D eigenvalue weighted by Crippen LogP contribution is 2.21. The molecule has 5 nitrogen and oxygen atoms in total. The maximum absolute atomic E-state index is 9.58. The summed E-state index contributed by atoms with van der Waals surface area (Å²) in [7, 11) is 1.49. The highest BCUT2D eigenvalue weighted by molar-refractivity contribution is 5.28. The van der Waals surface area contributed by atoms with Gasteiger partial charge in [-0.1, -0.05) is 0 Å². The summed E-state index contributed by atoms with van der Waals surface area (Å²) in [6.45, 7) is 1.67. The van der Waals surface area contributed by atoms with Crippen LogP contribution in [-0.4, -0.2) is 28.4 Å². The number of hydrogen-bond donors (Lipinski definition) is 2. The first kappa shape index (κ1) is 11.4. The van der Waals surface area contributed by atoms with Crippen molar-refractivity contribution >= 4 is 0 Å². The van der Waals surface area contributed by atoms with E-state index in [9.17, 15) is 5.11 Å². The molecule has 5 heteroatoms. The quantitative estimate of drug-likeness (QED) is 0.698. The van der Waals surface area contributed by atoms with Gasteiger partial charge in [-0.05, 0) is 13.0 Å². The summed E-state index contributed by atoms with van der Waals surface area (Å²) in [5.74, 6) is 0.426. The molecule has 0 saturated heterocycles. The highest BCUT2D eigenvalue weighted by Gasteiger charge is 2.20. The van der Waals surface area contributed by atoms with Gasteiger partial charge >= 0.3 is 0 Å². The first-order valence-corrected chi connectivity index (χ1v) is 4.37. The monoisotopic (exact) mass is 208 g/mol. The van der Waals surface area contributed by atoms with Gasteiger partial charge in [0.25, 0.3) is 0 Å². The second-order valence-corrected chi connectivity index (χ2v) is 3.05. The average Bonchev–Trinajstić information content (AvgIpc) is 2.26. The Kier molecular flexibility index (Phi) is 3.61. The number of nitrogens with zero attached hydrogens (tertiary/aromatic N) is 2. The first-order valence-electron chi connectivity index (χ1n) is 4.37. The summed E-state index contributed by atoms with van der Waals surface area (Å²) >= 11 is 0. The molecule has 2 N–H and O–H groups in total. The number of aliphatic hydroxyl groups excluding tert-OH is 2. The van der Waals surface area contributed by atoms with E-state index >= 15 is 0 Å². The Balaban J connectivity index is 3.01. The van der Waals surface area contributed by atoms with E-state index in [0.29, 0.717) is 17.1 Å². The molecule has 15 heavy (non-hydrogen) atoms. The van der Waals surface area contributed by atoms with Gasteiger partial charge in [-0.3, -0.25) is 0 Å². The largest absolute Gasteiger partial charge is 0.481 e. The van der Waals surface area contributed by atoms with Gasteiger partial charge in [0.1, 0.15) is 6.10 Å². The van der Waals surface area contributed by atoms with Gasteiger partial charge in [-0.25, -0.2) is 4.98 Å². The predicted octanol–water partition coefficient (Wildman–Crippen LogP) is 0.316. The summed E-state index contributed by atoms with van der Waals surface area (Å²) in [5.41, 5.74) is 0.945. The van der Waals surface area contributed by atoms with Crippen molar-refractivity contribution in [1.82, 2.24) is 4.98 Å². The molecule has 1 aromatic heterocycles. The van der Waals surface area contributed by atoms with Crippen LogP contribution in [0, 0.1) is 18.3 Å². The summed E-state index contributed by atoms with van der Waals surface area (Å²) in [6.07, 6.45) is -2.69. The van der Waals surface area contributed by atoms with E-state index in [1.54, 1.807) is 25.1 Å². The molecule has 1 rings (SSSR count). The lowest BCUT2D eigenvalue weighted by Crippen LogP contribution is -2.17. The lowest BCUT2D eigenvalue weighted by atomic mass is 10.0. The number of pyridine rings is 1. The number of nitriles is 1. The molecule has 80 valence electrons. The molecule has 0 aliphatic rings. The summed E-state index contributed by atoms with van der Waals surface area (Å²) in [4.78, 5) is 4.03. The third-order valence-electron chi connectivity index (χ3n) is 2.06. The van der Waals surface area contributed by atoms with Crippen LogP contribution in [0.5, 0.6) is 5.88 Å². The van der Waals surface area contributed by atoms with Crippen molar-refractivity contribution in [3.63, 3.8) is 0 Å². The minimum Gasteiger partial charge on any atom is -0.481 e. The molecule has 0 aromatic carbocycles. The Bertz CT molecular complexity index is 387. The molecule has 0 aliphatic carbocycles. The molecule has 0 amide bonds. The summed E-state index contributed by atoms with van der Waals surface area (Å²) in [5, 5.41) is 27.2. The molecule has 0 saturated carbocycles. The van der Waals surface area contributed by atoms with Crippen LogP contribution in [0.3, 0.4) is 0 Å². The average molecular weight is 208 g/mol. The van der Waals surface area contributed by atoms with Gasteiger partial charge in [-0.15, -0.1) is 0 Å². The molecule has 1 heterocycles. The zero-order chi connectivity index (χ0) is 11.4. The van der Waals surface area contributed by atoms with Gasteiger partial charge in [0.05, 0.1) is 13.2 Å². The highest BCUT2D eigenvalue weighted by atomic mass is 16.5. The molecule has 2 atom stereocenters. The van der Waals surface area contributed by atoms with Gasteiger partial charge in [0.2, 0.25) is 5.88 Å². The Morgan fingerprint density at radius 3 is 2.60 bits per heavy atom. The van der Waals surface area contributed by atoms with Crippen LogP contribution in [0.15, 0.2) is 12.1 Å². The van der Waals surface area contributed by atoms with Crippen LogP contribution in [0.2, 0.25) is 0 Å². The maximum atomic E-state index is 9.58. The van der Waals surface area contributed by atoms with Crippen LogP contribution in [-0.2, 0) is 0 Å². The van der Waals surface area contributed by atoms with Gasteiger partial charge in [-0.2, -0.15) is 5.26 Å². The van der Waals surface area contributed by atoms with Crippen molar-refractivity contribution in [3.8, 4) is 11.9 Å². The Hall–Kier alpha value is -1.64. The van der Waals surface area contributed by atoms with Crippen LogP contribution < -0.4 is 4.74 Å². The first-order chi connectivity index (χ1) is 7.10. The zero-order valence-corrected chi connectivity index (χ0v) is 8.51. The van der Waals surface area contributed by atoms with Crippen LogP contribution in [0.4, 0.5) is 0 Å². The second-order valence-electron chi connectivity index (χ2n) is 3.05. The molecule has 0 fully saturated rings. The van der Waals surface area contributed by atoms with E-state index in [1.807, 2.05) is 0 Å². The zero-order valence-electron chi connectivity index (χ0n) is 8.51. The van der Waals surface area contributed by atoms with E-state index in [4.69, 9.17) is 15.1 Å². The lowest BCUT2D eigenvalue weighted by Gasteiger charge is -2.14. The van der Waals surface area contributed by atoms with Crippen LogP contribution in [0.25, 0.3) is 0 Å². The van der Waals surface area contributed by atoms with E-state index in [0.717, 1.165) is 0 Å². The van der Waals surface area contributed by atoms with Crippen molar-refractivity contribution in [2.45, 2.75) is 19.1 Å². The molecule has 0 bridgehead atoms. The predicted molar refractivity (Wildman–Crippen MR) is 52.1 cm³/mol. The number of hydrogen-bond acceptors (Lipinski definition) is 5. The van der Waals surface area contributed by atoms with Crippen molar-refractivity contribution in [1.29, 1.82) is 5.26 Å². The van der Waals surface area contributed by atoms with Gasteiger partial charge < -0.3 is 14.9 Å². The minimum atomic E-state index is -1.45. The minimum absolute atomic E-state index is 0.421. The maximum Gasteiger partial charge on any atom is 0.213 e. The van der Waals surface area contributed by atoms with Crippen molar-refractivity contribution in [3.05, 3.63) is 23.4 Å². The number of aliphatic hydroxyl groups is 2. The SMILES string of the molecule is COc1ccc(C(O)C(O)C#N)c(C)n1. The van der Waals surface area contributed by atoms with E-state index < -0.39 is 12.2 Å². The number of methoxy groups -OCH3 is 1. The van der Waals surface area contributed by atoms with Gasteiger partial charge in [0.15, 0.2) is 6.10 Å². The molecule has 1 aromatic rings. The van der Waals surface area contributed by atoms with Crippen molar-refractivity contribution in [2.24, 2.45) is 0 Å². The summed E-state index contributed by atoms with van der Waals surface area (Å²) < 4.78 is 4.90. The standard InChI is InChI=1S/C10H12N2O3/c1-6-7(10(14)8(13)5-11)3-4-9(12-6)15-2/h3-4,8,10,13-14H,1-2H3. The molecule has 0 spiro atoms. The molecule has 0 radical (unpaired) electrons. The third-order valence-corrected chi connectivity index (χ3v) is 2.06. The van der Waals surface area contributed by atoms with E-state index in [2.05, 4.69) is 4.98 Å². The normalized spacial score (nSPS) is 14.1. The van der Waals surface area contributed by atoms with Crippen molar-refractivity contribution < 1.29 is 14.9 Å². The molecule has 0 aliphatic heterocycles. The Morgan fingerprint density at radius 1 is 1.47 bits per heavy atom. The Labute approximate surface area is 87.6 Å². The number of ether oxygens (including phenoxy) is 1. The number of aromatic nitrogens is 1. The van der Waals surface area contributed by atoms with Crippen molar-refractivity contribution in [2.75, 3.05) is 7.11 Å². The lowest BCUT2D eigenvalue weighted by molar-refractivity contribution is 0.0520. The molecular weight excluding hydrogens is 196 g/mol. The van der Waals surface area contributed by atoms with Gasteiger partial charge in [0, 0.05) is 17.3 Å². The van der Waals surface area contributed by atoms with E-state index in [1.165, 1.54) is 7.11 Å². The fourth-order valence-electron chi connectivity index (χ4n) is 1.22.